The predicted molar refractivity (Wildman–Crippen MR) is 102 cm³/mol. The smallest absolute Gasteiger partial charge is 0.337 e. The van der Waals surface area contributed by atoms with E-state index in [1.165, 1.54) is 7.11 Å². The van der Waals surface area contributed by atoms with E-state index in [1.807, 2.05) is 36.4 Å². The number of carbonyl (C=O) groups excluding carboxylic acids is 1. The van der Waals surface area contributed by atoms with Crippen LogP contribution in [-0.2, 0) is 4.74 Å². The number of aromatic nitrogens is 2. The quantitative estimate of drug-likeness (QED) is 0.675. The lowest BCUT2D eigenvalue weighted by atomic mass is 10.2. The molecule has 0 spiro atoms. The fraction of sp³-hybridized carbons (Fsp3) is 0.150. The van der Waals surface area contributed by atoms with Gasteiger partial charge in [-0.25, -0.2) is 9.78 Å². The van der Waals surface area contributed by atoms with Crippen LogP contribution in [0.4, 0.5) is 23.1 Å². The second-order valence-corrected chi connectivity index (χ2v) is 5.51. The molecule has 0 radical (unpaired) electrons. The van der Waals surface area contributed by atoms with Crippen LogP contribution in [0.25, 0.3) is 0 Å². The Hall–Kier alpha value is -3.41. The lowest BCUT2D eigenvalue weighted by molar-refractivity contribution is 0.0601. The zero-order valence-electron chi connectivity index (χ0n) is 14.7. The molecule has 0 fully saturated rings. The van der Waals surface area contributed by atoms with Crippen LogP contribution >= 0.6 is 0 Å². The van der Waals surface area contributed by atoms with E-state index in [9.17, 15) is 4.79 Å². The first-order chi connectivity index (χ1) is 12.7. The van der Waals surface area contributed by atoms with E-state index in [0.717, 1.165) is 23.7 Å². The Morgan fingerprint density at radius 1 is 1.08 bits per heavy atom. The van der Waals surface area contributed by atoms with Crippen LogP contribution in [-0.4, -0.2) is 29.6 Å². The molecule has 2 aromatic carbocycles. The number of hydrogen-bond acceptors (Lipinski definition) is 6. The predicted octanol–water partition coefficient (Wildman–Crippen LogP) is 4.16. The SMILES string of the molecule is CCN(c1ccccc1)c1ccnc(Nc2ccc(C(=O)OC)cc2)n1. The van der Waals surface area contributed by atoms with Crippen LogP contribution in [0.3, 0.4) is 0 Å². The van der Waals surface area contributed by atoms with Crippen LogP contribution in [0.5, 0.6) is 0 Å². The number of nitrogens with zero attached hydrogens (tertiary/aromatic N) is 3. The minimum absolute atomic E-state index is 0.365. The third-order valence-electron chi connectivity index (χ3n) is 3.86. The first-order valence-corrected chi connectivity index (χ1v) is 8.32. The standard InChI is InChI=1S/C20H20N4O2/c1-3-24(17-7-5-4-6-8-17)18-13-14-21-20(23-18)22-16-11-9-15(10-12-16)19(25)26-2/h4-14H,3H2,1-2H3,(H,21,22,23). The average Bonchev–Trinajstić information content (AvgIpc) is 2.70. The summed E-state index contributed by atoms with van der Waals surface area (Å²) in [6.45, 7) is 2.86. The number of esters is 1. The summed E-state index contributed by atoms with van der Waals surface area (Å²) in [5.41, 5.74) is 2.36. The van der Waals surface area contributed by atoms with E-state index in [4.69, 9.17) is 4.74 Å². The Morgan fingerprint density at radius 2 is 1.81 bits per heavy atom. The molecule has 0 amide bonds. The molecule has 6 nitrogen and oxygen atoms in total. The van der Waals surface area contributed by atoms with Crippen molar-refractivity contribution in [3.8, 4) is 0 Å². The van der Waals surface area contributed by atoms with Gasteiger partial charge in [-0.05, 0) is 49.4 Å². The van der Waals surface area contributed by atoms with Gasteiger partial charge >= 0.3 is 5.97 Å². The molecule has 1 N–H and O–H groups in total. The van der Waals surface area contributed by atoms with Gasteiger partial charge in [0.25, 0.3) is 0 Å². The van der Waals surface area contributed by atoms with Crippen LogP contribution < -0.4 is 10.2 Å². The molecule has 0 aliphatic carbocycles. The summed E-state index contributed by atoms with van der Waals surface area (Å²) in [6, 6.07) is 18.9. The third kappa shape index (κ3) is 3.97. The maximum absolute atomic E-state index is 11.5. The van der Waals surface area contributed by atoms with Crippen molar-refractivity contribution >= 4 is 29.1 Å². The largest absolute Gasteiger partial charge is 0.465 e. The number of nitrogens with one attached hydrogen (secondary N) is 1. The van der Waals surface area contributed by atoms with Crippen molar-refractivity contribution in [1.82, 2.24) is 9.97 Å². The summed E-state index contributed by atoms with van der Waals surface area (Å²) in [5, 5.41) is 3.16. The topological polar surface area (TPSA) is 67.4 Å². The lowest BCUT2D eigenvalue weighted by Crippen LogP contribution is -2.17. The molecular weight excluding hydrogens is 328 g/mol. The molecule has 0 atom stereocenters. The first kappa shape index (κ1) is 17.4. The lowest BCUT2D eigenvalue weighted by Gasteiger charge is -2.22. The minimum Gasteiger partial charge on any atom is -0.465 e. The third-order valence-corrected chi connectivity index (χ3v) is 3.86. The van der Waals surface area contributed by atoms with E-state index in [-0.39, 0.29) is 5.97 Å². The maximum Gasteiger partial charge on any atom is 0.337 e. The molecule has 1 heterocycles. The molecule has 0 saturated carbocycles. The number of rotatable bonds is 6. The van der Waals surface area contributed by atoms with Crippen LogP contribution in [0, 0.1) is 0 Å². The van der Waals surface area contributed by atoms with Gasteiger partial charge in [0.2, 0.25) is 5.95 Å². The highest BCUT2D eigenvalue weighted by molar-refractivity contribution is 5.89. The molecule has 3 aromatic rings. The highest BCUT2D eigenvalue weighted by atomic mass is 16.5. The van der Waals surface area contributed by atoms with E-state index in [0.29, 0.717) is 11.5 Å². The summed E-state index contributed by atoms with van der Waals surface area (Å²) in [7, 11) is 1.36. The van der Waals surface area contributed by atoms with Crippen LogP contribution in [0.15, 0.2) is 66.9 Å². The molecule has 0 aliphatic rings. The molecule has 6 heteroatoms. The average molecular weight is 348 g/mol. The van der Waals surface area contributed by atoms with Gasteiger partial charge < -0.3 is 15.0 Å². The molecule has 0 bridgehead atoms. The van der Waals surface area contributed by atoms with Gasteiger partial charge in [-0.1, -0.05) is 18.2 Å². The normalized spacial score (nSPS) is 10.2. The number of anilines is 4. The Labute approximate surface area is 152 Å². The zero-order valence-corrected chi connectivity index (χ0v) is 14.7. The molecule has 0 aliphatic heterocycles. The second-order valence-electron chi connectivity index (χ2n) is 5.51. The Balaban J connectivity index is 1.80. The van der Waals surface area contributed by atoms with Crippen molar-refractivity contribution in [2.24, 2.45) is 0 Å². The first-order valence-electron chi connectivity index (χ1n) is 8.32. The zero-order chi connectivity index (χ0) is 18.4. The van der Waals surface area contributed by atoms with Crippen molar-refractivity contribution < 1.29 is 9.53 Å². The van der Waals surface area contributed by atoms with E-state index in [1.54, 1.807) is 30.5 Å². The molecule has 26 heavy (non-hydrogen) atoms. The van der Waals surface area contributed by atoms with Crippen molar-refractivity contribution in [3.63, 3.8) is 0 Å². The summed E-state index contributed by atoms with van der Waals surface area (Å²) in [4.78, 5) is 22.5. The van der Waals surface area contributed by atoms with E-state index < -0.39 is 0 Å². The number of carbonyl (C=O) groups is 1. The van der Waals surface area contributed by atoms with Gasteiger partial charge in [0.15, 0.2) is 0 Å². The Morgan fingerprint density at radius 3 is 2.46 bits per heavy atom. The summed E-state index contributed by atoms with van der Waals surface area (Å²) in [5.74, 6) is 0.932. The monoisotopic (exact) mass is 348 g/mol. The van der Waals surface area contributed by atoms with Crippen LogP contribution in [0.1, 0.15) is 17.3 Å². The minimum atomic E-state index is -0.365. The number of hydrogen-bond donors (Lipinski definition) is 1. The molecular formula is C20H20N4O2. The maximum atomic E-state index is 11.5. The van der Waals surface area contributed by atoms with Crippen molar-refractivity contribution in [3.05, 3.63) is 72.4 Å². The van der Waals surface area contributed by atoms with Gasteiger partial charge in [0, 0.05) is 24.1 Å². The van der Waals surface area contributed by atoms with Gasteiger partial charge in [-0.15, -0.1) is 0 Å². The van der Waals surface area contributed by atoms with Gasteiger partial charge in [-0.2, -0.15) is 4.98 Å². The van der Waals surface area contributed by atoms with E-state index in [2.05, 4.69) is 27.1 Å². The molecule has 0 unspecified atom stereocenters. The highest BCUT2D eigenvalue weighted by Gasteiger charge is 2.10. The highest BCUT2D eigenvalue weighted by Crippen LogP contribution is 2.24. The van der Waals surface area contributed by atoms with Crippen LogP contribution in [0.2, 0.25) is 0 Å². The summed E-state index contributed by atoms with van der Waals surface area (Å²) < 4.78 is 4.70. The van der Waals surface area contributed by atoms with Crippen molar-refractivity contribution in [2.45, 2.75) is 6.92 Å². The molecule has 3 rings (SSSR count). The summed E-state index contributed by atoms with van der Waals surface area (Å²) >= 11 is 0. The van der Waals surface area contributed by atoms with Gasteiger partial charge in [-0.3, -0.25) is 0 Å². The number of methoxy groups -OCH3 is 1. The van der Waals surface area contributed by atoms with Gasteiger partial charge in [0.05, 0.1) is 12.7 Å². The number of benzene rings is 2. The van der Waals surface area contributed by atoms with Gasteiger partial charge in [0.1, 0.15) is 5.82 Å². The molecule has 132 valence electrons. The van der Waals surface area contributed by atoms with Crippen molar-refractivity contribution in [2.75, 3.05) is 23.9 Å². The van der Waals surface area contributed by atoms with Crippen molar-refractivity contribution in [1.29, 1.82) is 0 Å². The Bertz CT molecular complexity index is 866. The summed E-state index contributed by atoms with van der Waals surface area (Å²) in [6.07, 6.45) is 1.72. The fourth-order valence-corrected chi connectivity index (χ4v) is 2.58. The number of para-hydroxylation sites is 1. The molecule has 1 aromatic heterocycles. The second kappa shape index (κ2) is 8.11. The number of ether oxygens (including phenoxy) is 1. The Kier molecular flexibility index (Phi) is 5.43. The fourth-order valence-electron chi connectivity index (χ4n) is 2.58. The molecule has 0 saturated heterocycles. The van der Waals surface area contributed by atoms with E-state index >= 15 is 0 Å².